The summed E-state index contributed by atoms with van der Waals surface area (Å²) in [6.45, 7) is -0.185. The van der Waals surface area contributed by atoms with E-state index in [-0.39, 0.29) is 10.1 Å². The van der Waals surface area contributed by atoms with Crippen molar-refractivity contribution in [2.24, 2.45) is 0 Å². The maximum atomic E-state index is 8.37. The zero-order valence-corrected chi connectivity index (χ0v) is 10.8. The van der Waals surface area contributed by atoms with Crippen LogP contribution >= 0.6 is 0 Å². The van der Waals surface area contributed by atoms with E-state index in [9.17, 15) is 0 Å². The molecule has 1 saturated heterocycles. The molecule has 1 fully saturated rings. The third kappa shape index (κ3) is 2.21. The van der Waals surface area contributed by atoms with Crippen LogP contribution < -0.4 is 5.46 Å². The second-order valence-corrected chi connectivity index (χ2v) is 5.11. The van der Waals surface area contributed by atoms with Crippen molar-refractivity contribution in [2.45, 2.75) is 65.0 Å². The van der Waals surface area contributed by atoms with Gasteiger partial charge in [-0.25, -0.2) is 0 Å². The molecule has 1 atom stereocenters. The standard InChI is InChI=1S/C13H23BN2O2/c1-7-10(2)16-9-11(8-15-16)14-17-12(3,4)13(5,6)18-14/h8-10H,7H2,1-6H3/i1D3,2D3,7D2,8D,9D,10D. The molecule has 1 aromatic heterocycles. The topological polar surface area (TPSA) is 36.3 Å². The van der Waals surface area contributed by atoms with E-state index < -0.39 is 56.8 Å². The Labute approximate surface area is 125 Å². The second kappa shape index (κ2) is 4.39. The lowest BCUT2D eigenvalue weighted by Crippen LogP contribution is -2.41. The number of hydrogen-bond acceptors (Lipinski definition) is 3. The molecule has 0 aliphatic carbocycles. The average molecular weight is 261 g/mol. The molecule has 100 valence electrons. The summed E-state index contributed by atoms with van der Waals surface area (Å²) in [5.74, 6) is 0. The summed E-state index contributed by atoms with van der Waals surface area (Å²) in [7, 11) is -1.30. The molecule has 0 aromatic carbocycles. The normalized spacial score (nSPS) is 36.2. The Hall–Kier alpha value is -0.805. The molecule has 0 bridgehead atoms. The predicted molar refractivity (Wildman–Crippen MR) is 72.9 cm³/mol. The van der Waals surface area contributed by atoms with Crippen LogP contribution in [0.25, 0.3) is 0 Å². The van der Waals surface area contributed by atoms with Crippen molar-refractivity contribution in [3.8, 4) is 0 Å². The predicted octanol–water partition coefficient (Wildman–Crippen LogP) is 2.15. The first-order valence-electron chi connectivity index (χ1n) is 11.0. The van der Waals surface area contributed by atoms with Gasteiger partial charge in [0, 0.05) is 34.8 Å². The van der Waals surface area contributed by atoms with E-state index in [1.165, 1.54) is 0 Å². The van der Waals surface area contributed by atoms with E-state index in [0.29, 0.717) is 0 Å². The van der Waals surface area contributed by atoms with Crippen LogP contribution in [0, 0.1) is 0 Å². The third-order valence-electron chi connectivity index (χ3n) is 3.32. The minimum absolute atomic E-state index is 0.120. The fourth-order valence-electron chi connectivity index (χ4n) is 1.49. The van der Waals surface area contributed by atoms with Crippen molar-refractivity contribution >= 4 is 12.6 Å². The van der Waals surface area contributed by atoms with Gasteiger partial charge in [0.1, 0.15) is 0 Å². The van der Waals surface area contributed by atoms with E-state index >= 15 is 0 Å². The summed E-state index contributed by atoms with van der Waals surface area (Å²) in [6.07, 6.45) is -5.14. The van der Waals surface area contributed by atoms with E-state index in [2.05, 4.69) is 5.10 Å². The first kappa shape index (κ1) is 5.29. The molecule has 0 N–H and O–H groups in total. The molecule has 1 aliphatic rings. The van der Waals surface area contributed by atoms with Crippen molar-refractivity contribution in [2.75, 3.05) is 0 Å². The number of hydrogen-bond donors (Lipinski definition) is 0. The van der Waals surface area contributed by atoms with Crippen molar-refractivity contribution in [1.82, 2.24) is 9.78 Å². The quantitative estimate of drug-likeness (QED) is 0.782. The molecule has 1 aliphatic heterocycles. The summed E-state index contributed by atoms with van der Waals surface area (Å²) in [5, 5.41) is 3.57. The van der Waals surface area contributed by atoms with Crippen molar-refractivity contribution in [1.29, 1.82) is 0 Å². The van der Waals surface area contributed by atoms with Crippen LogP contribution in [-0.2, 0) is 9.31 Å². The van der Waals surface area contributed by atoms with Gasteiger partial charge in [-0.2, -0.15) is 5.10 Å². The second-order valence-electron chi connectivity index (χ2n) is 5.11. The Morgan fingerprint density at radius 1 is 1.56 bits per heavy atom. The van der Waals surface area contributed by atoms with E-state index in [1.807, 2.05) is 0 Å². The molecule has 5 heteroatoms. The molecule has 2 rings (SSSR count). The lowest BCUT2D eigenvalue weighted by atomic mass is 9.82. The fourth-order valence-corrected chi connectivity index (χ4v) is 1.49. The molecule has 1 unspecified atom stereocenters. The highest BCUT2D eigenvalue weighted by molar-refractivity contribution is 6.61. The first-order valence-corrected chi connectivity index (χ1v) is 5.54. The van der Waals surface area contributed by atoms with Crippen LogP contribution in [0.4, 0.5) is 0 Å². The molecule has 0 spiro atoms. The molecular weight excluding hydrogens is 227 g/mol. The SMILES string of the molecule is [2H]c1nn(C([2H])(C([2H])([2H])[2H])C([2H])([2H])C([2H])([2H])[2H])c([2H])c1B1OC(C)(C)C(C)(C)O1. The van der Waals surface area contributed by atoms with Crippen molar-refractivity contribution in [3.63, 3.8) is 0 Å². The Balaban J connectivity index is 2.71. The minimum Gasteiger partial charge on any atom is -0.399 e. The molecular formula is C13H23BN2O2. The number of aromatic nitrogens is 2. The summed E-state index contributed by atoms with van der Waals surface area (Å²) >= 11 is 0. The van der Waals surface area contributed by atoms with Gasteiger partial charge < -0.3 is 9.31 Å². The highest BCUT2D eigenvalue weighted by atomic mass is 16.7. The monoisotopic (exact) mass is 261 g/mol. The van der Waals surface area contributed by atoms with Crippen LogP contribution in [0.2, 0.25) is 0 Å². The average Bonchev–Trinajstić information content (AvgIpc) is 2.88. The largest absolute Gasteiger partial charge is 0.498 e. The molecule has 2 heterocycles. The number of nitrogens with zero attached hydrogens (tertiary/aromatic N) is 2. The van der Waals surface area contributed by atoms with E-state index in [4.69, 9.17) is 24.4 Å². The van der Waals surface area contributed by atoms with Crippen LogP contribution in [0.5, 0.6) is 0 Å². The highest BCUT2D eigenvalue weighted by Crippen LogP contribution is 2.36. The Bertz CT molecular complexity index is 786. The van der Waals surface area contributed by atoms with Crippen LogP contribution in [0.3, 0.4) is 0 Å². The van der Waals surface area contributed by atoms with Gasteiger partial charge in [-0.15, -0.1) is 0 Å². The van der Waals surface area contributed by atoms with Gasteiger partial charge in [-0.3, -0.25) is 4.68 Å². The molecule has 18 heavy (non-hydrogen) atoms. The third-order valence-corrected chi connectivity index (χ3v) is 3.32. The Morgan fingerprint density at radius 3 is 2.78 bits per heavy atom. The van der Waals surface area contributed by atoms with Crippen molar-refractivity contribution < 1.29 is 24.4 Å². The summed E-state index contributed by atoms with van der Waals surface area (Å²) in [4.78, 5) is 0. The first-order chi connectivity index (χ1) is 12.6. The van der Waals surface area contributed by atoms with Crippen LogP contribution in [0.15, 0.2) is 12.3 Å². The zero-order chi connectivity index (χ0) is 23.0. The van der Waals surface area contributed by atoms with E-state index in [0.717, 1.165) is 0 Å². The Morgan fingerprint density at radius 2 is 2.22 bits per heavy atom. The molecule has 0 saturated carbocycles. The minimum atomic E-state index is -3.63. The molecule has 4 nitrogen and oxygen atoms in total. The van der Waals surface area contributed by atoms with Gasteiger partial charge >= 0.3 is 7.12 Å². The summed E-state index contributed by atoms with van der Waals surface area (Å²) in [6, 6.07) is -3.51. The fraction of sp³-hybridized carbons (Fsp3) is 0.769. The van der Waals surface area contributed by atoms with Gasteiger partial charge in [0.2, 0.25) is 0 Å². The van der Waals surface area contributed by atoms with Crippen LogP contribution in [-0.4, -0.2) is 28.1 Å². The highest BCUT2D eigenvalue weighted by Gasteiger charge is 2.52. The van der Waals surface area contributed by atoms with Crippen molar-refractivity contribution in [3.05, 3.63) is 12.3 Å². The zero-order valence-electron chi connectivity index (χ0n) is 21.8. The molecule has 1 aromatic rings. The Kier molecular flexibility index (Phi) is 1.29. The van der Waals surface area contributed by atoms with Gasteiger partial charge in [0.05, 0.1) is 15.3 Å². The lowest BCUT2D eigenvalue weighted by molar-refractivity contribution is 0.00578. The van der Waals surface area contributed by atoms with Crippen LogP contribution in [0.1, 0.15) is 68.9 Å². The maximum Gasteiger partial charge on any atom is 0.498 e. The van der Waals surface area contributed by atoms with Gasteiger partial charge in [-0.05, 0) is 40.9 Å². The molecule has 0 radical (unpaired) electrons. The maximum absolute atomic E-state index is 8.37. The van der Waals surface area contributed by atoms with Gasteiger partial charge in [0.15, 0.2) is 0 Å². The summed E-state index contributed by atoms with van der Waals surface area (Å²) in [5.41, 5.74) is -2.02. The van der Waals surface area contributed by atoms with Gasteiger partial charge in [0.25, 0.3) is 0 Å². The smallest absolute Gasteiger partial charge is 0.399 e. The summed E-state index contributed by atoms with van der Waals surface area (Å²) < 4.78 is 97.4. The number of rotatable bonds is 3. The van der Waals surface area contributed by atoms with Gasteiger partial charge in [-0.1, -0.05) is 6.85 Å². The lowest BCUT2D eigenvalue weighted by Gasteiger charge is -2.32. The molecule has 0 amide bonds. The van der Waals surface area contributed by atoms with E-state index in [1.54, 1.807) is 27.7 Å².